The van der Waals surface area contributed by atoms with Crippen LogP contribution in [0.4, 0.5) is 5.82 Å². The maximum absolute atomic E-state index is 12.4. The minimum atomic E-state index is -3.25. The molecule has 1 fully saturated rings. The van der Waals surface area contributed by atoms with Crippen LogP contribution < -0.4 is 10.6 Å². The summed E-state index contributed by atoms with van der Waals surface area (Å²) < 4.78 is 25.7. The summed E-state index contributed by atoms with van der Waals surface area (Å²) in [4.78, 5) is 6.49. The van der Waals surface area contributed by atoms with Gasteiger partial charge in [-0.15, -0.1) is 0 Å². The number of sulfonamides is 1. The molecule has 0 aliphatic carbocycles. The lowest BCUT2D eigenvalue weighted by Crippen LogP contribution is -2.53. The first-order valence-electron chi connectivity index (χ1n) is 7.15. The summed E-state index contributed by atoms with van der Waals surface area (Å²) in [6.07, 6.45) is 1.77. The Hall–Kier alpha value is -1.18. The minimum absolute atomic E-state index is 0.477. The summed E-state index contributed by atoms with van der Waals surface area (Å²) >= 11 is 0. The molecule has 0 spiro atoms. The Balaban J connectivity index is 2.03. The van der Waals surface area contributed by atoms with Crippen LogP contribution in [-0.2, 0) is 16.6 Å². The van der Waals surface area contributed by atoms with Gasteiger partial charge in [0.05, 0.1) is 4.75 Å². The van der Waals surface area contributed by atoms with Gasteiger partial charge in [-0.05, 0) is 32.4 Å². The summed E-state index contributed by atoms with van der Waals surface area (Å²) in [5.74, 6) is 0.875. The predicted octanol–water partition coefficient (Wildman–Crippen LogP) is 0.791. The van der Waals surface area contributed by atoms with Crippen molar-refractivity contribution in [2.45, 2.75) is 32.1 Å². The Labute approximate surface area is 127 Å². The molecule has 0 radical (unpaired) electrons. The summed E-state index contributed by atoms with van der Waals surface area (Å²) in [5, 5.41) is 0. The fourth-order valence-corrected chi connectivity index (χ4v) is 3.69. The number of nitrogens with zero attached hydrogens (tertiary/aromatic N) is 3. The van der Waals surface area contributed by atoms with Gasteiger partial charge in [-0.25, -0.2) is 13.4 Å². The van der Waals surface area contributed by atoms with Crippen LogP contribution >= 0.6 is 0 Å². The maximum Gasteiger partial charge on any atom is 0.219 e. The van der Waals surface area contributed by atoms with Gasteiger partial charge in [-0.1, -0.05) is 6.07 Å². The van der Waals surface area contributed by atoms with Crippen molar-refractivity contribution in [1.82, 2.24) is 9.29 Å². The summed E-state index contributed by atoms with van der Waals surface area (Å²) in [5.41, 5.74) is 6.55. The van der Waals surface area contributed by atoms with Crippen LogP contribution in [0.3, 0.4) is 0 Å². The van der Waals surface area contributed by atoms with Gasteiger partial charge in [0.25, 0.3) is 0 Å². The first-order valence-corrected chi connectivity index (χ1v) is 8.59. The van der Waals surface area contributed by atoms with Crippen LogP contribution in [0, 0.1) is 0 Å². The molecule has 1 saturated heterocycles. The number of rotatable bonds is 3. The molecule has 1 aliphatic rings. The molecule has 6 nitrogen and oxygen atoms in total. The van der Waals surface area contributed by atoms with Crippen molar-refractivity contribution in [3.8, 4) is 0 Å². The van der Waals surface area contributed by atoms with Crippen LogP contribution in [0.1, 0.15) is 26.3 Å². The second-order valence-corrected chi connectivity index (χ2v) is 8.92. The van der Waals surface area contributed by atoms with Gasteiger partial charge in [-0.2, -0.15) is 4.31 Å². The molecule has 0 unspecified atom stereocenters. The van der Waals surface area contributed by atoms with E-state index in [2.05, 4.69) is 9.88 Å². The molecule has 7 heteroatoms. The van der Waals surface area contributed by atoms with E-state index < -0.39 is 14.8 Å². The van der Waals surface area contributed by atoms with Gasteiger partial charge in [0.2, 0.25) is 10.0 Å². The van der Waals surface area contributed by atoms with Crippen LogP contribution in [0.25, 0.3) is 0 Å². The van der Waals surface area contributed by atoms with E-state index in [4.69, 9.17) is 5.73 Å². The van der Waals surface area contributed by atoms with Gasteiger partial charge in [0.1, 0.15) is 5.82 Å². The molecular formula is C14H24N4O2S. The van der Waals surface area contributed by atoms with Gasteiger partial charge >= 0.3 is 0 Å². The highest BCUT2D eigenvalue weighted by atomic mass is 32.2. The van der Waals surface area contributed by atoms with Crippen LogP contribution in [-0.4, -0.2) is 48.6 Å². The fraction of sp³-hybridized carbons (Fsp3) is 0.643. The van der Waals surface area contributed by atoms with Crippen LogP contribution in [0.2, 0.25) is 0 Å². The lowest BCUT2D eigenvalue weighted by molar-refractivity contribution is 0.370. The standard InChI is InChI=1S/C14H24N4O2S/c1-14(2,3)21(19,20)18-8-6-17(7-9-18)13-5-4-12(10-15)11-16-13/h4-5,11H,6-10,15H2,1-3H3. The summed E-state index contributed by atoms with van der Waals surface area (Å²) in [6.45, 7) is 8.00. The van der Waals surface area contributed by atoms with Crippen molar-refractivity contribution < 1.29 is 8.42 Å². The topological polar surface area (TPSA) is 79.5 Å². The van der Waals surface area contributed by atoms with E-state index >= 15 is 0 Å². The van der Waals surface area contributed by atoms with Crippen molar-refractivity contribution in [1.29, 1.82) is 0 Å². The number of piperazine rings is 1. The quantitative estimate of drug-likeness (QED) is 0.892. The number of hydrogen-bond acceptors (Lipinski definition) is 5. The summed E-state index contributed by atoms with van der Waals surface area (Å²) in [6, 6.07) is 3.90. The fourth-order valence-electron chi connectivity index (χ4n) is 2.27. The van der Waals surface area contributed by atoms with Crippen LogP contribution in [0.5, 0.6) is 0 Å². The van der Waals surface area contributed by atoms with Gasteiger partial charge < -0.3 is 10.6 Å². The molecule has 2 N–H and O–H groups in total. The molecular weight excluding hydrogens is 288 g/mol. The van der Waals surface area contributed by atoms with Crippen molar-refractivity contribution in [2.24, 2.45) is 5.73 Å². The second kappa shape index (κ2) is 5.90. The van der Waals surface area contributed by atoms with Gasteiger partial charge in [0, 0.05) is 38.9 Å². The molecule has 0 bridgehead atoms. The number of hydrogen-bond donors (Lipinski definition) is 1. The first-order chi connectivity index (χ1) is 9.75. The summed E-state index contributed by atoms with van der Waals surface area (Å²) in [7, 11) is -3.25. The van der Waals surface area contributed by atoms with E-state index in [0.29, 0.717) is 32.7 Å². The smallest absolute Gasteiger partial charge is 0.219 e. The monoisotopic (exact) mass is 312 g/mol. The normalized spacial score (nSPS) is 18.0. The highest BCUT2D eigenvalue weighted by molar-refractivity contribution is 7.90. The van der Waals surface area contributed by atoms with Crippen molar-refractivity contribution in [3.63, 3.8) is 0 Å². The second-order valence-electron chi connectivity index (χ2n) is 6.23. The molecule has 1 aliphatic heterocycles. The molecule has 1 aromatic heterocycles. The van der Waals surface area contributed by atoms with Crippen molar-refractivity contribution in [3.05, 3.63) is 23.9 Å². The minimum Gasteiger partial charge on any atom is -0.354 e. The number of nitrogens with two attached hydrogens (primary N) is 1. The maximum atomic E-state index is 12.4. The highest BCUT2D eigenvalue weighted by Crippen LogP contribution is 2.23. The average molecular weight is 312 g/mol. The SMILES string of the molecule is CC(C)(C)S(=O)(=O)N1CCN(c2ccc(CN)cn2)CC1. The third-order valence-corrected chi connectivity index (χ3v) is 6.31. The Morgan fingerprint density at radius 3 is 2.24 bits per heavy atom. The lowest BCUT2D eigenvalue weighted by atomic mass is 10.2. The Bertz CT molecular complexity index is 570. The highest BCUT2D eigenvalue weighted by Gasteiger charge is 2.36. The van der Waals surface area contributed by atoms with E-state index in [1.807, 2.05) is 12.1 Å². The zero-order chi connectivity index (χ0) is 15.7. The average Bonchev–Trinajstić information content (AvgIpc) is 2.46. The Morgan fingerprint density at radius 2 is 1.81 bits per heavy atom. The van der Waals surface area contributed by atoms with Crippen LogP contribution in [0.15, 0.2) is 18.3 Å². The molecule has 2 heterocycles. The third kappa shape index (κ3) is 3.36. The molecule has 2 rings (SSSR count). The predicted molar refractivity (Wildman–Crippen MR) is 84.6 cm³/mol. The lowest BCUT2D eigenvalue weighted by Gasteiger charge is -2.37. The third-order valence-electron chi connectivity index (χ3n) is 3.72. The zero-order valence-electron chi connectivity index (χ0n) is 12.9. The van der Waals surface area contributed by atoms with E-state index in [-0.39, 0.29) is 0 Å². The zero-order valence-corrected chi connectivity index (χ0v) is 13.7. The van der Waals surface area contributed by atoms with Gasteiger partial charge in [-0.3, -0.25) is 0 Å². The van der Waals surface area contributed by atoms with Gasteiger partial charge in [0.15, 0.2) is 0 Å². The molecule has 118 valence electrons. The van der Waals surface area contributed by atoms with E-state index in [9.17, 15) is 8.42 Å². The van der Waals surface area contributed by atoms with E-state index in [0.717, 1.165) is 11.4 Å². The van der Waals surface area contributed by atoms with E-state index in [1.54, 1.807) is 31.3 Å². The molecule has 0 amide bonds. The molecule has 0 atom stereocenters. The number of aromatic nitrogens is 1. The largest absolute Gasteiger partial charge is 0.354 e. The number of anilines is 1. The molecule has 21 heavy (non-hydrogen) atoms. The molecule has 0 aromatic carbocycles. The molecule has 0 saturated carbocycles. The Kier molecular flexibility index (Phi) is 4.55. The van der Waals surface area contributed by atoms with E-state index in [1.165, 1.54) is 0 Å². The molecule has 1 aromatic rings. The number of pyridine rings is 1. The van der Waals surface area contributed by atoms with Crippen molar-refractivity contribution >= 4 is 15.8 Å². The van der Waals surface area contributed by atoms with Crippen molar-refractivity contribution in [2.75, 3.05) is 31.1 Å². The first kappa shape index (κ1) is 16.2. The Morgan fingerprint density at radius 1 is 1.19 bits per heavy atom.